The first kappa shape index (κ1) is 15.2. The summed E-state index contributed by atoms with van der Waals surface area (Å²) in [6.07, 6.45) is 0. The average Bonchev–Trinajstić information content (AvgIpc) is 2.27. The minimum atomic E-state index is -3.78. The van der Waals surface area contributed by atoms with E-state index in [2.05, 4.69) is 0 Å². The second-order valence-corrected chi connectivity index (χ2v) is 6.66. The van der Waals surface area contributed by atoms with Gasteiger partial charge in [-0.25, -0.2) is 8.42 Å². The summed E-state index contributed by atoms with van der Waals surface area (Å²) in [4.78, 5) is 9.70. The van der Waals surface area contributed by atoms with E-state index < -0.39 is 20.4 Å². The molecule has 0 saturated carbocycles. The number of halogens is 2. The summed E-state index contributed by atoms with van der Waals surface area (Å²) in [5, 5.41) is 10.9. The lowest BCUT2D eigenvalue weighted by molar-refractivity contribution is -0.387. The summed E-state index contributed by atoms with van der Waals surface area (Å²) in [7, 11) is -3.78. The molecule has 0 spiro atoms. The number of rotatable bonds is 5. The molecule has 0 heterocycles. The molecule has 1 unspecified atom stereocenters. The molecule has 0 aliphatic carbocycles. The Bertz CT molecular complexity index is 559. The number of hydrogen-bond donors (Lipinski definition) is 0. The van der Waals surface area contributed by atoms with Crippen LogP contribution in [0.1, 0.15) is 6.92 Å². The van der Waals surface area contributed by atoms with Crippen LogP contribution in [0.2, 0.25) is 5.02 Å². The minimum Gasteiger partial charge on any atom is -0.258 e. The number of sulfone groups is 1. The van der Waals surface area contributed by atoms with E-state index in [4.69, 9.17) is 23.2 Å². The van der Waals surface area contributed by atoms with Gasteiger partial charge in [-0.15, -0.1) is 11.6 Å². The van der Waals surface area contributed by atoms with Gasteiger partial charge in [0.1, 0.15) is 4.90 Å². The third kappa shape index (κ3) is 3.57. The first-order valence-electron chi connectivity index (χ1n) is 5.00. The molecule has 100 valence electrons. The SMILES string of the molecule is CC(CCl)CS(=O)(=O)c1cc(Cl)ccc1[N+](=O)[O-]. The monoisotopic (exact) mass is 311 g/mol. The van der Waals surface area contributed by atoms with Gasteiger partial charge in [0.25, 0.3) is 5.69 Å². The lowest BCUT2D eigenvalue weighted by atomic mass is 10.3. The predicted molar refractivity (Wildman–Crippen MR) is 70.0 cm³/mol. The molecule has 0 bridgehead atoms. The Kier molecular flexibility index (Phi) is 4.95. The van der Waals surface area contributed by atoms with Gasteiger partial charge in [-0.2, -0.15) is 0 Å². The number of nitrogens with zero attached hydrogens (tertiary/aromatic N) is 1. The molecule has 0 N–H and O–H groups in total. The molecule has 8 heteroatoms. The van der Waals surface area contributed by atoms with Gasteiger partial charge in [0.15, 0.2) is 9.84 Å². The Morgan fingerprint density at radius 1 is 1.44 bits per heavy atom. The molecule has 18 heavy (non-hydrogen) atoms. The van der Waals surface area contributed by atoms with E-state index in [9.17, 15) is 18.5 Å². The van der Waals surface area contributed by atoms with Gasteiger partial charge in [0.2, 0.25) is 0 Å². The number of alkyl halides is 1. The standard InChI is InChI=1S/C10H11Cl2NO4S/c1-7(5-11)6-18(16,17)10-4-8(12)2-3-9(10)13(14)15/h2-4,7H,5-6H2,1H3. The smallest absolute Gasteiger partial charge is 0.258 e. The lowest BCUT2D eigenvalue weighted by Crippen LogP contribution is -2.16. The maximum Gasteiger partial charge on any atom is 0.288 e. The fourth-order valence-corrected chi connectivity index (χ4v) is 3.69. The van der Waals surface area contributed by atoms with Crippen molar-refractivity contribution in [2.75, 3.05) is 11.6 Å². The summed E-state index contributed by atoms with van der Waals surface area (Å²) in [5.41, 5.74) is -0.471. The van der Waals surface area contributed by atoms with E-state index in [0.717, 1.165) is 12.1 Å². The molecular weight excluding hydrogens is 301 g/mol. The van der Waals surface area contributed by atoms with Gasteiger partial charge in [-0.1, -0.05) is 18.5 Å². The maximum atomic E-state index is 12.1. The van der Waals surface area contributed by atoms with Crippen LogP contribution < -0.4 is 0 Å². The van der Waals surface area contributed by atoms with E-state index in [0.29, 0.717) is 0 Å². The van der Waals surface area contributed by atoms with E-state index in [1.165, 1.54) is 6.07 Å². The molecule has 0 aromatic heterocycles. The highest BCUT2D eigenvalue weighted by Gasteiger charge is 2.27. The second kappa shape index (κ2) is 5.86. The topological polar surface area (TPSA) is 77.3 Å². The van der Waals surface area contributed by atoms with Crippen LogP contribution >= 0.6 is 23.2 Å². The van der Waals surface area contributed by atoms with Crippen LogP contribution in [-0.2, 0) is 9.84 Å². The lowest BCUT2D eigenvalue weighted by Gasteiger charge is -2.09. The van der Waals surface area contributed by atoms with Crippen LogP contribution in [0.3, 0.4) is 0 Å². The highest BCUT2D eigenvalue weighted by molar-refractivity contribution is 7.91. The van der Waals surface area contributed by atoms with Crippen molar-refractivity contribution in [3.05, 3.63) is 33.3 Å². The molecule has 0 radical (unpaired) electrons. The van der Waals surface area contributed by atoms with Crippen LogP contribution in [0.5, 0.6) is 0 Å². The number of nitro benzene ring substituents is 1. The zero-order valence-corrected chi connectivity index (χ0v) is 11.8. The van der Waals surface area contributed by atoms with Gasteiger partial charge >= 0.3 is 0 Å². The fourth-order valence-electron chi connectivity index (χ4n) is 1.40. The van der Waals surface area contributed by atoms with Crippen molar-refractivity contribution in [3.8, 4) is 0 Å². The maximum absolute atomic E-state index is 12.1. The van der Waals surface area contributed by atoms with Crippen molar-refractivity contribution >= 4 is 38.7 Å². The first-order chi connectivity index (χ1) is 8.27. The minimum absolute atomic E-state index is 0.137. The summed E-state index contributed by atoms with van der Waals surface area (Å²) < 4.78 is 24.1. The van der Waals surface area contributed by atoms with E-state index in [-0.39, 0.29) is 27.5 Å². The second-order valence-electron chi connectivity index (χ2n) is 3.91. The van der Waals surface area contributed by atoms with Gasteiger partial charge in [-0.3, -0.25) is 10.1 Å². The molecule has 0 fully saturated rings. The Labute approximate surface area is 115 Å². The van der Waals surface area contributed by atoms with Gasteiger partial charge in [0.05, 0.1) is 10.7 Å². The third-order valence-electron chi connectivity index (χ3n) is 2.22. The summed E-state index contributed by atoms with van der Waals surface area (Å²) in [6.45, 7) is 1.65. The highest BCUT2D eigenvalue weighted by atomic mass is 35.5. The number of nitro groups is 1. The molecule has 0 amide bonds. The zero-order valence-electron chi connectivity index (χ0n) is 9.47. The van der Waals surface area contributed by atoms with Crippen molar-refractivity contribution in [2.24, 2.45) is 5.92 Å². The van der Waals surface area contributed by atoms with Crippen molar-refractivity contribution in [2.45, 2.75) is 11.8 Å². The Morgan fingerprint density at radius 2 is 2.06 bits per heavy atom. The van der Waals surface area contributed by atoms with Crippen LogP contribution in [0.25, 0.3) is 0 Å². The van der Waals surface area contributed by atoms with Crippen LogP contribution in [0.15, 0.2) is 23.1 Å². The third-order valence-corrected chi connectivity index (χ3v) is 4.99. The molecule has 1 aromatic carbocycles. The number of hydrogen-bond acceptors (Lipinski definition) is 4. The average molecular weight is 312 g/mol. The molecular formula is C10H11Cl2NO4S. The quantitative estimate of drug-likeness (QED) is 0.476. The van der Waals surface area contributed by atoms with Crippen LogP contribution in [0.4, 0.5) is 5.69 Å². The van der Waals surface area contributed by atoms with Crippen LogP contribution in [0, 0.1) is 16.0 Å². The summed E-state index contributed by atoms with van der Waals surface area (Å²) >= 11 is 11.2. The largest absolute Gasteiger partial charge is 0.288 e. The first-order valence-corrected chi connectivity index (χ1v) is 7.57. The summed E-state index contributed by atoms with van der Waals surface area (Å²) in [5.74, 6) is -0.388. The Morgan fingerprint density at radius 3 is 2.56 bits per heavy atom. The van der Waals surface area contributed by atoms with E-state index in [1.807, 2.05) is 0 Å². The molecule has 1 atom stereocenters. The molecule has 1 aromatic rings. The normalized spacial score (nSPS) is 13.3. The number of benzene rings is 1. The Hall–Kier alpha value is -0.850. The fraction of sp³-hybridized carbons (Fsp3) is 0.400. The van der Waals surface area contributed by atoms with Crippen molar-refractivity contribution in [3.63, 3.8) is 0 Å². The van der Waals surface area contributed by atoms with Gasteiger partial charge < -0.3 is 0 Å². The van der Waals surface area contributed by atoms with E-state index in [1.54, 1.807) is 6.92 Å². The van der Waals surface area contributed by atoms with Crippen LogP contribution in [-0.4, -0.2) is 25.0 Å². The molecule has 0 saturated heterocycles. The van der Waals surface area contributed by atoms with Gasteiger partial charge in [-0.05, 0) is 18.1 Å². The zero-order chi connectivity index (χ0) is 13.9. The molecule has 0 aliphatic rings. The van der Waals surface area contributed by atoms with Crippen molar-refractivity contribution < 1.29 is 13.3 Å². The van der Waals surface area contributed by atoms with Gasteiger partial charge in [0, 0.05) is 17.0 Å². The molecule has 0 aliphatic heterocycles. The van der Waals surface area contributed by atoms with Crippen molar-refractivity contribution in [1.82, 2.24) is 0 Å². The molecule has 1 rings (SSSR count). The predicted octanol–water partition coefficient (Wildman–Crippen LogP) is 2.90. The Balaban J connectivity index is 3.30. The highest BCUT2D eigenvalue weighted by Crippen LogP contribution is 2.28. The molecule has 5 nitrogen and oxygen atoms in total. The van der Waals surface area contributed by atoms with E-state index >= 15 is 0 Å². The van der Waals surface area contributed by atoms with Crippen molar-refractivity contribution in [1.29, 1.82) is 0 Å². The summed E-state index contributed by atoms with van der Waals surface area (Å²) in [6, 6.07) is 3.46.